The molecule has 0 amide bonds. The molecule has 2 aromatic carbocycles. The highest BCUT2D eigenvalue weighted by Crippen LogP contribution is 2.69. The maximum Gasteiger partial charge on any atom is 0.185 e. The van der Waals surface area contributed by atoms with E-state index < -0.39 is 46.3 Å². The first-order valence-corrected chi connectivity index (χ1v) is 21.3. The van der Waals surface area contributed by atoms with Crippen LogP contribution in [0.3, 0.4) is 0 Å². The van der Waals surface area contributed by atoms with E-state index in [4.69, 9.17) is 0 Å². The Bertz CT molecular complexity index is 1170. The molecule has 0 aromatic heterocycles. The first-order chi connectivity index (χ1) is 14.7. The molecule has 32 heavy (non-hydrogen) atoms. The Hall–Kier alpha value is -1.49. The predicted octanol–water partition coefficient (Wildman–Crippen LogP) is 5.41. The van der Waals surface area contributed by atoms with Crippen molar-refractivity contribution in [2.45, 2.75) is 70.7 Å². The zero-order chi connectivity index (χ0) is 23.7. The second-order valence-electron chi connectivity index (χ2n) is 11.2. The maximum absolute atomic E-state index is 13.6. The Morgan fingerprint density at radius 3 is 1.06 bits per heavy atom. The van der Waals surface area contributed by atoms with E-state index in [-0.39, 0.29) is 11.1 Å². The molecule has 0 N–H and O–H groups in total. The number of benzene rings is 2. The van der Waals surface area contributed by atoms with Crippen molar-refractivity contribution in [2.24, 2.45) is 0 Å². The van der Waals surface area contributed by atoms with Crippen molar-refractivity contribution >= 4 is 35.8 Å². The van der Waals surface area contributed by atoms with E-state index in [0.29, 0.717) is 9.79 Å². The highest BCUT2D eigenvalue weighted by Gasteiger charge is 2.68. The van der Waals surface area contributed by atoms with Crippen LogP contribution >= 0.6 is 0 Å². The minimum atomic E-state index is -3.56. The van der Waals surface area contributed by atoms with E-state index in [0.717, 1.165) is 11.1 Å². The van der Waals surface area contributed by atoms with Gasteiger partial charge in [0.25, 0.3) is 0 Å². The predicted molar refractivity (Wildman–Crippen MR) is 136 cm³/mol. The molecule has 0 bridgehead atoms. The first kappa shape index (κ1) is 23.7. The van der Waals surface area contributed by atoms with Crippen molar-refractivity contribution in [2.75, 3.05) is 0 Å². The summed E-state index contributed by atoms with van der Waals surface area (Å²) in [6.07, 6.45) is 0. The summed E-state index contributed by atoms with van der Waals surface area (Å²) in [4.78, 5) is 0.660. The summed E-state index contributed by atoms with van der Waals surface area (Å²) < 4.78 is 54.5. The summed E-state index contributed by atoms with van der Waals surface area (Å²) in [6.45, 7) is 13.1. The van der Waals surface area contributed by atoms with Crippen molar-refractivity contribution in [3.63, 3.8) is 0 Å². The Balaban J connectivity index is 1.87. The number of hydrogen-bond donors (Lipinski definition) is 0. The average Bonchev–Trinajstić information content (AvgIpc) is 3.58. The van der Waals surface area contributed by atoms with Crippen molar-refractivity contribution < 1.29 is 16.8 Å². The zero-order valence-electron chi connectivity index (χ0n) is 19.5. The average molecular weight is 505 g/mol. The number of rotatable bonds is 6. The van der Waals surface area contributed by atoms with Gasteiger partial charge in [0.1, 0.15) is 0 Å². The van der Waals surface area contributed by atoms with Crippen LogP contribution in [-0.2, 0) is 19.7 Å². The van der Waals surface area contributed by atoms with Gasteiger partial charge in [-0.15, -0.1) is 0 Å². The van der Waals surface area contributed by atoms with E-state index in [2.05, 4.69) is 39.3 Å². The molecule has 4 rings (SSSR count). The fraction of sp³-hybridized carbons (Fsp3) is 0.417. The normalized spacial score (nSPS) is 28.4. The van der Waals surface area contributed by atoms with E-state index in [9.17, 15) is 16.8 Å². The smallest absolute Gasteiger partial charge is 0.185 e. The second kappa shape index (κ2) is 7.51. The molecule has 0 radical (unpaired) electrons. The van der Waals surface area contributed by atoms with Crippen molar-refractivity contribution in [1.29, 1.82) is 0 Å². The number of hydrogen-bond acceptors (Lipinski definition) is 4. The Kier molecular flexibility index (Phi) is 5.56. The monoisotopic (exact) mass is 504 g/mol. The third-order valence-corrected chi connectivity index (χ3v) is 16.4. The van der Waals surface area contributed by atoms with Gasteiger partial charge in [-0.05, 0) is 46.5 Å². The SMILES string of the molecule is C[Si](C)(C)C1/C(=C2/C([Si](C)(C)C)C2S(=O)(=O)c2ccccc2)C1S(=O)(=O)c1ccccc1. The van der Waals surface area contributed by atoms with Crippen LogP contribution in [0.1, 0.15) is 0 Å². The minimum Gasteiger partial charge on any atom is -0.223 e. The van der Waals surface area contributed by atoms with Gasteiger partial charge in [-0.3, -0.25) is 0 Å². The molecule has 172 valence electrons. The van der Waals surface area contributed by atoms with Gasteiger partial charge in [0, 0.05) is 0 Å². The van der Waals surface area contributed by atoms with Gasteiger partial charge < -0.3 is 0 Å². The minimum absolute atomic E-state index is 0.0301. The molecule has 4 unspecified atom stereocenters. The maximum atomic E-state index is 13.6. The molecular weight excluding hydrogens is 473 g/mol. The fourth-order valence-corrected chi connectivity index (χ4v) is 17.3. The summed E-state index contributed by atoms with van der Waals surface area (Å²) in [7, 11) is -10.9. The van der Waals surface area contributed by atoms with E-state index in [1.54, 1.807) is 48.5 Å². The molecular formula is C24H32O4S2Si2. The first-order valence-electron chi connectivity index (χ1n) is 11.0. The molecule has 0 aliphatic heterocycles. The Morgan fingerprint density at radius 2 is 0.812 bits per heavy atom. The molecule has 4 nitrogen and oxygen atoms in total. The summed E-state index contributed by atoms with van der Waals surface area (Å²) in [5.74, 6) is 0. The van der Waals surface area contributed by atoms with Gasteiger partial charge in [-0.25, -0.2) is 16.8 Å². The quantitative estimate of drug-likeness (QED) is 0.389. The Labute approximate surface area is 194 Å². The van der Waals surface area contributed by atoms with E-state index in [1.807, 2.05) is 12.1 Å². The lowest BCUT2D eigenvalue weighted by Gasteiger charge is -2.15. The van der Waals surface area contributed by atoms with Crippen molar-refractivity contribution in [3.8, 4) is 0 Å². The lowest BCUT2D eigenvalue weighted by atomic mass is 10.4. The summed E-state index contributed by atoms with van der Waals surface area (Å²) in [5.41, 5.74) is 1.78. The topological polar surface area (TPSA) is 68.3 Å². The second-order valence-corrected chi connectivity index (χ2v) is 26.0. The molecule has 0 spiro atoms. The van der Waals surface area contributed by atoms with Gasteiger partial charge in [-0.1, -0.05) is 75.7 Å². The van der Waals surface area contributed by atoms with Crippen LogP contribution in [0, 0.1) is 0 Å². The highest BCUT2D eigenvalue weighted by atomic mass is 32.2. The standard InChI is InChI=1S/C24H32O4S2Si2/c1-31(2,3)23-19(21(23)29(25,26)17-13-9-7-10-14-17)20-22(24(20)32(4,5)6)30(27,28)18-15-11-8-12-16-18/h7-16,21-24H,1-6H3/b20-19+. The van der Waals surface area contributed by atoms with Crippen LogP contribution in [0.5, 0.6) is 0 Å². The summed E-state index contributed by atoms with van der Waals surface area (Å²) in [6, 6.07) is 17.2. The van der Waals surface area contributed by atoms with Crippen LogP contribution in [0.4, 0.5) is 0 Å². The van der Waals surface area contributed by atoms with Crippen LogP contribution in [0.15, 0.2) is 81.6 Å². The van der Waals surface area contributed by atoms with Gasteiger partial charge in [-0.2, -0.15) is 0 Å². The molecule has 2 fully saturated rings. The van der Waals surface area contributed by atoms with Gasteiger partial charge in [0.15, 0.2) is 19.7 Å². The van der Waals surface area contributed by atoms with Crippen LogP contribution in [0.2, 0.25) is 50.4 Å². The molecule has 4 atom stereocenters. The Morgan fingerprint density at radius 1 is 0.531 bits per heavy atom. The third kappa shape index (κ3) is 3.89. The molecule has 8 heteroatoms. The molecule has 2 aliphatic carbocycles. The van der Waals surface area contributed by atoms with Crippen molar-refractivity contribution in [1.82, 2.24) is 0 Å². The summed E-state index contributed by atoms with van der Waals surface area (Å²) in [5, 5.41) is -1.16. The van der Waals surface area contributed by atoms with Crippen LogP contribution in [-0.4, -0.2) is 43.5 Å². The van der Waals surface area contributed by atoms with Gasteiger partial charge in [0.2, 0.25) is 0 Å². The lowest BCUT2D eigenvalue weighted by molar-refractivity contribution is 0.593. The number of sulfone groups is 2. The molecule has 0 saturated heterocycles. The summed E-state index contributed by atoms with van der Waals surface area (Å²) >= 11 is 0. The lowest BCUT2D eigenvalue weighted by Crippen LogP contribution is -2.24. The van der Waals surface area contributed by atoms with E-state index >= 15 is 0 Å². The van der Waals surface area contributed by atoms with Crippen LogP contribution < -0.4 is 0 Å². The largest absolute Gasteiger partial charge is 0.223 e. The molecule has 2 aliphatic rings. The van der Waals surface area contributed by atoms with Crippen LogP contribution in [0.25, 0.3) is 0 Å². The zero-order valence-corrected chi connectivity index (χ0v) is 23.2. The van der Waals surface area contributed by atoms with E-state index in [1.165, 1.54) is 0 Å². The third-order valence-electron chi connectivity index (χ3n) is 6.68. The fourth-order valence-electron chi connectivity index (χ4n) is 5.21. The van der Waals surface area contributed by atoms with Crippen molar-refractivity contribution in [3.05, 3.63) is 71.8 Å². The highest BCUT2D eigenvalue weighted by molar-refractivity contribution is 7.93. The van der Waals surface area contributed by atoms with Gasteiger partial charge in [0.05, 0.1) is 36.4 Å². The molecule has 2 aromatic rings. The molecule has 2 saturated carbocycles. The molecule has 0 heterocycles. The van der Waals surface area contributed by atoms with Gasteiger partial charge >= 0.3 is 0 Å².